The molecule has 0 bridgehead atoms. The summed E-state index contributed by atoms with van der Waals surface area (Å²) < 4.78 is 26.1. The molecule has 0 saturated carbocycles. The third-order valence-corrected chi connectivity index (χ3v) is 2.92. The van der Waals surface area contributed by atoms with Gasteiger partial charge in [0.15, 0.2) is 0 Å². The second-order valence-electron chi connectivity index (χ2n) is 4.88. The van der Waals surface area contributed by atoms with Gasteiger partial charge in [0.05, 0.1) is 58.4 Å². The smallest absolute Gasteiger partial charge is 0.338 e. The molecule has 7 heteroatoms. The van der Waals surface area contributed by atoms with Gasteiger partial charge in [-0.05, 0) is 24.3 Å². The standard InChI is InChI=1S/C18H26O7/c1-2-7-21-8-9-22-10-11-23-12-13-24-14-15-25-18(20)16-3-5-17(19)6-4-16/h2-6,19H,1,7-15H2. The molecule has 25 heavy (non-hydrogen) atoms. The van der Waals surface area contributed by atoms with Gasteiger partial charge in [-0.25, -0.2) is 4.79 Å². The lowest BCUT2D eigenvalue weighted by Crippen LogP contribution is -2.14. The molecule has 140 valence electrons. The number of hydrogen-bond donors (Lipinski definition) is 1. The van der Waals surface area contributed by atoms with Crippen molar-refractivity contribution in [1.82, 2.24) is 0 Å². The average Bonchev–Trinajstić information content (AvgIpc) is 2.62. The van der Waals surface area contributed by atoms with Crippen molar-refractivity contribution >= 4 is 5.97 Å². The minimum atomic E-state index is -0.450. The first-order valence-corrected chi connectivity index (χ1v) is 8.12. The zero-order valence-electron chi connectivity index (χ0n) is 14.4. The fraction of sp³-hybridized carbons (Fsp3) is 0.500. The van der Waals surface area contributed by atoms with E-state index < -0.39 is 5.97 Å². The zero-order valence-corrected chi connectivity index (χ0v) is 14.4. The maximum absolute atomic E-state index is 11.7. The average molecular weight is 354 g/mol. The topological polar surface area (TPSA) is 83.5 Å². The van der Waals surface area contributed by atoms with Gasteiger partial charge in [-0.2, -0.15) is 0 Å². The SMILES string of the molecule is C=CCOCCOCCOCCOCCOC(=O)c1ccc(O)cc1. The third-order valence-electron chi connectivity index (χ3n) is 2.92. The number of ether oxygens (including phenoxy) is 5. The van der Waals surface area contributed by atoms with Crippen LogP contribution in [-0.4, -0.2) is 70.5 Å². The maximum atomic E-state index is 11.7. The van der Waals surface area contributed by atoms with E-state index in [1.54, 1.807) is 6.08 Å². The van der Waals surface area contributed by atoms with Gasteiger partial charge < -0.3 is 28.8 Å². The van der Waals surface area contributed by atoms with E-state index in [2.05, 4.69) is 6.58 Å². The summed E-state index contributed by atoms with van der Waals surface area (Å²) in [4.78, 5) is 11.7. The highest BCUT2D eigenvalue weighted by atomic mass is 16.6. The first-order valence-electron chi connectivity index (χ1n) is 8.12. The third kappa shape index (κ3) is 11.3. The Morgan fingerprint density at radius 2 is 1.32 bits per heavy atom. The van der Waals surface area contributed by atoms with Crippen molar-refractivity contribution in [3.05, 3.63) is 42.5 Å². The molecule has 0 amide bonds. The van der Waals surface area contributed by atoms with Gasteiger partial charge in [0.2, 0.25) is 0 Å². The molecule has 0 fully saturated rings. The summed E-state index contributed by atoms with van der Waals surface area (Å²) in [6.07, 6.45) is 1.69. The monoisotopic (exact) mass is 354 g/mol. The van der Waals surface area contributed by atoms with Crippen LogP contribution in [0.4, 0.5) is 0 Å². The molecule has 0 saturated heterocycles. The summed E-state index contributed by atoms with van der Waals surface area (Å²) in [7, 11) is 0. The molecule has 0 heterocycles. The van der Waals surface area contributed by atoms with E-state index >= 15 is 0 Å². The van der Waals surface area contributed by atoms with Crippen molar-refractivity contribution in [2.75, 3.05) is 59.5 Å². The van der Waals surface area contributed by atoms with E-state index in [0.717, 1.165) is 0 Å². The molecule has 1 aromatic rings. The van der Waals surface area contributed by atoms with Gasteiger partial charge in [-0.15, -0.1) is 6.58 Å². The quantitative estimate of drug-likeness (QED) is 0.292. The summed E-state index contributed by atoms with van der Waals surface area (Å²) in [6, 6.07) is 5.87. The lowest BCUT2D eigenvalue weighted by Gasteiger charge is -2.08. The van der Waals surface area contributed by atoms with Crippen molar-refractivity contribution in [3.63, 3.8) is 0 Å². The van der Waals surface area contributed by atoms with E-state index in [-0.39, 0.29) is 12.4 Å². The van der Waals surface area contributed by atoms with Gasteiger partial charge in [0.25, 0.3) is 0 Å². The van der Waals surface area contributed by atoms with Crippen LogP contribution in [0.1, 0.15) is 10.4 Å². The highest BCUT2D eigenvalue weighted by molar-refractivity contribution is 5.89. The van der Waals surface area contributed by atoms with Crippen LogP contribution in [0.5, 0.6) is 5.75 Å². The number of hydrogen-bond acceptors (Lipinski definition) is 7. The van der Waals surface area contributed by atoms with E-state index in [0.29, 0.717) is 58.4 Å². The van der Waals surface area contributed by atoms with Gasteiger partial charge >= 0.3 is 5.97 Å². The molecule has 0 unspecified atom stereocenters. The van der Waals surface area contributed by atoms with Crippen LogP contribution in [-0.2, 0) is 23.7 Å². The van der Waals surface area contributed by atoms with E-state index in [4.69, 9.17) is 28.8 Å². The van der Waals surface area contributed by atoms with Crippen molar-refractivity contribution in [2.45, 2.75) is 0 Å². The molecule has 0 aliphatic carbocycles. The summed E-state index contributed by atoms with van der Waals surface area (Å²) in [5.41, 5.74) is 0.385. The Labute approximate surface area is 148 Å². The number of carbonyl (C=O) groups excluding carboxylic acids is 1. The summed E-state index contributed by atoms with van der Waals surface area (Å²) in [5.74, 6) is -0.347. The highest BCUT2D eigenvalue weighted by Gasteiger charge is 2.06. The van der Waals surface area contributed by atoms with Gasteiger partial charge in [0.1, 0.15) is 12.4 Å². The van der Waals surface area contributed by atoms with E-state index in [1.807, 2.05) is 0 Å². The largest absolute Gasteiger partial charge is 0.508 e. The van der Waals surface area contributed by atoms with Crippen molar-refractivity contribution in [2.24, 2.45) is 0 Å². The normalized spacial score (nSPS) is 10.6. The van der Waals surface area contributed by atoms with Crippen LogP contribution in [0.3, 0.4) is 0 Å². The Balaban J connectivity index is 1.85. The Hall–Kier alpha value is -1.93. The molecule has 0 aliphatic rings. The van der Waals surface area contributed by atoms with Crippen LogP contribution >= 0.6 is 0 Å². The fourth-order valence-electron chi connectivity index (χ4n) is 1.70. The van der Waals surface area contributed by atoms with Crippen LogP contribution in [0.15, 0.2) is 36.9 Å². The van der Waals surface area contributed by atoms with Gasteiger partial charge in [-0.1, -0.05) is 6.08 Å². The lowest BCUT2D eigenvalue weighted by molar-refractivity contribution is -0.00719. The van der Waals surface area contributed by atoms with Gasteiger partial charge in [0, 0.05) is 0 Å². The zero-order chi connectivity index (χ0) is 18.2. The molecule has 0 spiro atoms. The summed E-state index contributed by atoms with van der Waals surface area (Å²) >= 11 is 0. The Kier molecular flexibility index (Phi) is 12.2. The number of aromatic hydroxyl groups is 1. The first-order chi connectivity index (χ1) is 12.2. The highest BCUT2D eigenvalue weighted by Crippen LogP contribution is 2.10. The van der Waals surface area contributed by atoms with Crippen LogP contribution in [0.2, 0.25) is 0 Å². The number of phenols is 1. The Morgan fingerprint density at radius 1 is 0.840 bits per heavy atom. The first kappa shape index (κ1) is 21.1. The summed E-state index contributed by atoms with van der Waals surface area (Å²) in [5, 5.41) is 9.15. The molecular formula is C18H26O7. The molecule has 0 radical (unpaired) electrons. The van der Waals surface area contributed by atoms with Crippen molar-refractivity contribution in [3.8, 4) is 5.75 Å². The second-order valence-corrected chi connectivity index (χ2v) is 4.88. The maximum Gasteiger partial charge on any atom is 0.338 e. The Bertz CT molecular complexity index is 473. The van der Waals surface area contributed by atoms with Crippen molar-refractivity contribution < 1.29 is 33.6 Å². The number of benzene rings is 1. The molecular weight excluding hydrogens is 328 g/mol. The summed E-state index contributed by atoms with van der Waals surface area (Å²) in [6.45, 7) is 7.45. The molecule has 1 rings (SSSR count). The predicted molar refractivity (Wildman–Crippen MR) is 91.9 cm³/mol. The van der Waals surface area contributed by atoms with Crippen LogP contribution in [0, 0.1) is 0 Å². The molecule has 1 aromatic carbocycles. The number of phenolic OH excluding ortho intramolecular Hbond substituents is 1. The predicted octanol–water partition coefficient (Wildman–Crippen LogP) is 1.80. The van der Waals surface area contributed by atoms with E-state index in [9.17, 15) is 4.79 Å². The number of rotatable bonds is 15. The lowest BCUT2D eigenvalue weighted by atomic mass is 10.2. The fourth-order valence-corrected chi connectivity index (χ4v) is 1.70. The van der Waals surface area contributed by atoms with Gasteiger partial charge in [-0.3, -0.25) is 0 Å². The second kappa shape index (κ2) is 14.4. The van der Waals surface area contributed by atoms with Crippen LogP contribution in [0.25, 0.3) is 0 Å². The number of carbonyl (C=O) groups is 1. The molecule has 7 nitrogen and oxygen atoms in total. The van der Waals surface area contributed by atoms with Crippen LogP contribution < -0.4 is 0 Å². The van der Waals surface area contributed by atoms with Crippen molar-refractivity contribution in [1.29, 1.82) is 0 Å². The molecule has 1 N–H and O–H groups in total. The Morgan fingerprint density at radius 3 is 1.84 bits per heavy atom. The minimum absolute atomic E-state index is 0.103. The minimum Gasteiger partial charge on any atom is -0.508 e. The number of esters is 1. The van der Waals surface area contributed by atoms with E-state index in [1.165, 1.54) is 24.3 Å². The molecule has 0 aromatic heterocycles. The molecule has 0 aliphatic heterocycles. The molecule has 0 atom stereocenters.